The van der Waals surface area contributed by atoms with Crippen LogP contribution in [0.3, 0.4) is 0 Å². The third-order valence-electron chi connectivity index (χ3n) is 5.18. The minimum absolute atomic E-state index is 0.000796. The summed E-state index contributed by atoms with van der Waals surface area (Å²) >= 11 is 0. The second kappa shape index (κ2) is 9.60. The molecule has 0 radical (unpaired) electrons. The Morgan fingerprint density at radius 3 is 2.18 bits per heavy atom. The number of hydrogen-bond donors (Lipinski definition) is 2. The summed E-state index contributed by atoms with van der Waals surface area (Å²) in [4.78, 5) is 13.3. The number of rotatable bonds is 9. The molecule has 1 atom stereocenters. The Morgan fingerprint density at radius 1 is 0.939 bits per heavy atom. The van der Waals surface area contributed by atoms with Crippen molar-refractivity contribution in [2.45, 2.75) is 25.6 Å². The second-order valence-corrected chi connectivity index (χ2v) is 7.84. The van der Waals surface area contributed by atoms with Crippen LogP contribution in [0, 0.1) is 0 Å². The Labute approximate surface area is 191 Å². The van der Waals surface area contributed by atoms with Gasteiger partial charge in [-0.05, 0) is 32.0 Å². The molecule has 9 nitrogen and oxygen atoms in total. The monoisotopic (exact) mass is 460 g/mol. The smallest absolute Gasteiger partial charge is 0.239 e. The molecule has 9 heteroatoms. The molecule has 3 aromatic rings. The first kappa shape index (κ1) is 24.2. The van der Waals surface area contributed by atoms with E-state index in [9.17, 15) is 15.0 Å². The van der Waals surface area contributed by atoms with Crippen LogP contribution in [-0.2, 0) is 0 Å². The summed E-state index contributed by atoms with van der Waals surface area (Å²) in [6, 6.07) is 8.09. The highest BCUT2D eigenvalue weighted by molar-refractivity contribution is 5.88. The lowest BCUT2D eigenvalue weighted by Gasteiger charge is -2.24. The third-order valence-corrected chi connectivity index (χ3v) is 5.18. The van der Waals surface area contributed by atoms with Gasteiger partial charge in [0.05, 0.1) is 34.0 Å². The third kappa shape index (κ3) is 4.84. The molecule has 2 aromatic carbocycles. The molecule has 0 saturated heterocycles. The van der Waals surface area contributed by atoms with Crippen molar-refractivity contribution in [2.75, 3.05) is 35.0 Å². The minimum atomic E-state index is -1.35. The molecule has 0 aliphatic carbocycles. The van der Waals surface area contributed by atoms with Gasteiger partial charge in [0, 0.05) is 17.7 Å². The number of methoxy groups -OCH3 is 4. The van der Waals surface area contributed by atoms with Gasteiger partial charge in [0.25, 0.3) is 0 Å². The van der Waals surface area contributed by atoms with Crippen molar-refractivity contribution in [3.05, 3.63) is 40.6 Å². The average molecular weight is 460 g/mol. The average Bonchev–Trinajstić information content (AvgIpc) is 2.80. The van der Waals surface area contributed by atoms with Crippen LogP contribution < -0.4 is 29.1 Å². The van der Waals surface area contributed by atoms with Crippen LogP contribution >= 0.6 is 0 Å². The Kier molecular flexibility index (Phi) is 7.04. The summed E-state index contributed by atoms with van der Waals surface area (Å²) in [5.74, 6) is 1.66. The molecule has 0 fully saturated rings. The van der Waals surface area contributed by atoms with E-state index in [0.29, 0.717) is 17.1 Å². The molecule has 0 amide bonds. The quantitative estimate of drug-likeness (QED) is 0.497. The first-order chi connectivity index (χ1) is 15.6. The first-order valence-corrected chi connectivity index (χ1v) is 10.1. The normalized spacial score (nSPS) is 12.4. The van der Waals surface area contributed by atoms with E-state index < -0.39 is 17.1 Å². The fourth-order valence-corrected chi connectivity index (χ4v) is 3.22. The second-order valence-electron chi connectivity index (χ2n) is 7.84. The standard InChI is InChI=1S/C24H28O9/c1-24(2,27)19(25)12-32-14-10-17(30-5)20-18(11-14)33-22(23(31-6)21(20)26)13-7-8-15(28-3)16(9-13)29-4/h7-11,19,25,27H,12H2,1-6H3/t19-/m0/s1. The molecule has 3 rings (SSSR count). The molecule has 0 spiro atoms. The van der Waals surface area contributed by atoms with Crippen molar-refractivity contribution in [1.82, 2.24) is 0 Å². The SMILES string of the molecule is COc1ccc(-c2oc3cc(OC[C@H](O)C(C)(C)O)cc(OC)c3c(=O)c2OC)cc1OC. The maximum absolute atomic E-state index is 13.3. The van der Waals surface area contributed by atoms with Crippen molar-refractivity contribution in [3.63, 3.8) is 0 Å². The van der Waals surface area contributed by atoms with Gasteiger partial charge >= 0.3 is 0 Å². The summed E-state index contributed by atoms with van der Waals surface area (Å²) in [7, 11) is 5.83. The number of aliphatic hydroxyl groups is 2. The zero-order chi connectivity index (χ0) is 24.3. The van der Waals surface area contributed by atoms with Crippen LogP contribution in [0.15, 0.2) is 39.5 Å². The molecular weight excluding hydrogens is 432 g/mol. The molecule has 0 aliphatic heterocycles. The number of fused-ring (bicyclic) bond motifs is 1. The molecule has 178 valence electrons. The highest BCUT2D eigenvalue weighted by Crippen LogP contribution is 2.39. The zero-order valence-electron chi connectivity index (χ0n) is 19.4. The predicted molar refractivity (Wildman–Crippen MR) is 122 cm³/mol. The summed E-state index contributed by atoms with van der Waals surface area (Å²) < 4.78 is 33.1. The zero-order valence-corrected chi connectivity index (χ0v) is 19.4. The first-order valence-electron chi connectivity index (χ1n) is 10.1. The van der Waals surface area contributed by atoms with Crippen molar-refractivity contribution < 1.29 is 38.3 Å². The van der Waals surface area contributed by atoms with Gasteiger partial charge in [0.2, 0.25) is 11.2 Å². The fraction of sp³-hybridized carbons (Fsp3) is 0.375. The Balaban J connectivity index is 2.17. The van der Waals surface area contributed by atoms with Gasteiger partial charge in [-0.15, -0.1) is 0 Å². The molecule has 0 saturated carbocycles. The van der Waals surface area contributed by atoms with E-state index in [-0.39, 0.29) is 40.6 Å². The van der Waals surface area contributed by atoms with Crippen molar-refractivity contribution in [2.24, 2.45) is 0 Å². The van der Waals surface area contributed by atoms with E-state index in [0.717, 1.165) is 0 Å². The molecule has 0 aliphatic rings. The molecule has 1 heterocycles. The van der Waals surface area contributed by atoms with Crippen LogP contribution in [0.25, 0.3) is 22.3 Å². The van der Waals surface area contributed by atoms with Crippen LogP contribution in [0.4, 0.5) is 0 Å². The van der Waals surface area contributed by atoms with Crippen LogP contribution in [-0.4, -0.2) is 57.0 Å². The van der Waals surface area contributed by atoms with Crippen molar-refractivity contribution in [1.29, 1.82) is 0 Å². The van der Waals surface area contributed by atoms with Gasteiger partial charge in [-0.1, -0.05) is 0 Å². The lowest BCUT2D eigenvalue weighted by molar-refractivity contribution is -0.0661. The Bertz CT molecular complexity index is 1190. The van der Waals surface area contributed by atoms with Crippen LogP contribution in [0.2, 0.25) is 0 Å². The Morgan fingerprint density at radius 2 is 1.61 bits per heavy atom. The van der Waals surface area contributed by atoms with E-state index in [1.165, 1.54) is 54.4 Å². The van der Waals surface area contributed by atoms with Gasteiger partial charge in [-0.25, -0.2) is 0 Å². The number of aliphatic hydroxyl groups excluding tert-OH is 1. The minimum Gasteiger partial charge on any atom is -0.496 e. The van der Waals surface area contributed by atoms with Gasteiger partial charge < -0.3 is 38.3 Å². The molecule has 2 N–H and O–H groups in total. The van der Waals surface area contributed by atoms with E-state index in [1.54, 1.807) is 18.2 Å². The summed E-state index contributed by atoms with van der Waals surface area (Å²) in [5, 5.41) is 20.2. The summed E-state index contributed by atoms with van der Waals surface area (Å²) in [6.07, 6.45) is -1.13. The van der Waals surface area contributed by atoms with Crippen molar-refractivity contribution in [3.8, 4) is 40.1 Å². The van der Waals surface area contributed by atoms with Gasteiger partial charge in [-0.3, -0.25) is 4.79 Å². The number of benzene rings is 2. The highest BCUT2D eigenvalue weighted by Gasteiger charge is 2.26. The molecule has 0 unspecified atom stereocenters. The Hall–Kier alpha value is -3.43. The maximum Gasteiger partial charge on any atom is 0.239 e. The molecule has 1 aromatic heterocycles. The predicted octanol–water partition coefficient (Wildman–Crippen LogP) is 3.01. The van der Waals surface area contributed by atoms with E-state index >= 15 is 0 Å². The van der Waals surface area contributed by atoms with Gasteiger partial charge in [0.1, 0.15) is 35.2 Å². The van der Waals surface area contributed by atoms with E-state index in [1.807, 2.05) is 0 Å². The van der Waals surface area contributed by atoms with Gasteiger partial charge in [-0.2, -0.15) is 0 Å². The topological polar surface area (TPSA) is 117 Å². The molecular formula is C24H28O9. The van der Waals surface area contributed by atoms with Crippen LogP contribution in [0.5, 0.6) is 28.7 Å². The summed E-state index contributed by atoms with van der Waals surface area (Å²) in [6.45, 7) is 2.77. The fourth-order valence-electron chi connectivity index (χ4n) is 3.22. The molecule has 33 heavy (non-hydrogen) atoms. The van der Waals surface area contributed by atoms with Crippen LogP contribution in [0.1, 0.15) is 13.8 Å². The lowest BCUT2D eigenvalue weighted by atomic mass is 10.0. The van der Waals surface area contributed by atoms with Crippen molar-refractivity contribution >= 4 is 11.0 Å². The largest absolute Gasteiger partial charge is 0.496 e. The lowest BCUT2D eigenvalue weighted by Crippen LogP contribution is -2.40. The molecule has 0 bridgehead atoms. The van der Waals surface area contributed by atoms with E-state index in [4.69, 9.17) is 28.1 Å². The summed E-state index contributed by atoms with van der Waals surface area (Å²) in [5.41, 5.74) is -1.05. The number of hydrogen-bond acceptors (Lipinski definition) is 9. The maximum atomic E-state index is 13.3. The number of ether oxygens (including phenoxy) is 5. The van der Waals surface area contributed by atoms with Gasteiger partial charge in [0.15, 0.2) is 17.3 Å². The highest BCUT2D eigenvalue weighted by atomic mass is 16.5. The van der Waals surface area contributed by atoms with E-state index in [2.05, 4.69) is 0 Å².